The lowest BCUT2D eigenvalue weighted by Crippen LogP contribution is -2.33. The van der Waals surface area contributed by atoms with E-state index in [4.69, 9.17) is 0 Å². The largest absolute Gasteiger partial charge is 0.313 e. The molecule has 15 heavy (non-hydrogen) atoms. The van der Waals surface area contributed by atoms with Gasteiger partial charge in [0.05, 0.1) is 0 Å². The van der Waals surface area contributed by atoms with E-state index in [-0.39, 0.29) is 0 Å². The molecule has 0 aromatic carbocycles. The van der Waals surface area contributed by atoms with Crippen LogP contribution in [0.2, 0.25) is 0 Å². The van der Waals surface area contributed by atoms with Crippen LogP contribution >= 0.6 is 0 Å². The quantitative estimate of drug-likeness (QED) is 0.729. The lowest BCUT2D eigenvalue weighted by Gasteiger charge is -2.19. The van der Waals surface area contributed by atoms with Gasteiger partial charge in [-0.1, -0.05) is 13.3 Å². The first-order chi connectivity index (χ1) is 7.32. The Balaban J connectivity index is 1.43. The third-order valence-electron chi connectivity index (χ3n) is 5.20. The standard InChI is InChI=1S/C14H25N/c1-2-11-3-6-13(9-11)15-10-14(7-8-14)12-4-5-12/h11-13,15H,2-10H2,1H3. The van der Waals surface area contributed by atoms with Crippen molar-refractivity contribution in [2.75, 3.05) is 6.54 Å². The fourth-order valence-electron chi connectivity index (χ4n) is 3.56. The predicted octanol–water partition coefficient (Wildman–Crippen LogP) is 3.34. The molecule has 1 N–H and O–H groups in total. The summed E-state index contributed by atoms with van der Waals surface area (Å²) in [6.07, 6.45) is 11.9. The molecular weight excluding hydrogens is 182 g/mol. The van der Waals surface area contributed by atoms with E-state index in [2.05, 4.69) is 12.2 Å². The lowest BCUT2D eigenvalue weighted by atomic mass is 10.00. The van der Waals surface area contributed by atoms with E-state index in [1.165, 1.54) is 57.9 Å². The Labute approximate surface area is 94.0 Å². The van der Waals surface area contributed by atoms with Crippen molar-refractivity contribution in [1.82, 2.24) is 5.32 Å². The molecule has 3 aliphatic rings. The topological polar surface area (TPSA) is 12.0 Å². The van der Waals surface area contributed by atoms with Gasteiger partial charge in [-0.25, -0.2) is 0 Å². The SMILES string of the molecule is CCC1CCC(NCC2(C3CC3)CC2)C1. The Morgan fingerprint density at radius 1 is 1.13 bits per heavy atom. The number of rotatable bonds is 5. The highest BCUT2D eigenvalue weighted by atomic mass is 14.9. The fourth-order valence-corrected chi connectivity index (χ4v) is 3.56. The third kappa shape index (κ3) is 2.08. The van der Waals surface area contributed by atoms with Gasteiger partial charge >= 0.3 is 0 Å². The molecule has 2 unspecified atom stereocenters. The van der Waals surface area contributed by atoms with E-state index in [1.54, 1.807) is 0 Å². The summed E-state index contributed by atoms with van der Waals surface area (Å²) in [6.45, 7) is 3.69. The van der Waals surface area contributed by atoms with Crippen LogP contribution in [0.4, 0.5) is 0 Å². The molecule has 0 amide bonds. The first-order valence-corrected chi connectivity index (χ1v) is 7.06. The van der Waals surface area contributed by atoms with Crippen LogP contribution in [0.5, 0.6) is 0 Å². The van der Waals surface area contributed by atoms with Gasteiger partial charge in [0.15, 0.2) is 0 Å². The maximum atomic E-state index is 3.87. The minimum atomic E-state index is 0.796. The number of hydrogen-bond acceptors (Lipinski definition) is 1. The zero-order valence-electron chi connectivity index (χ0n) is 10.1. The van der Waals surface area contributed by atoms with Crippen molar-refractivity contribution in [3.8, 4) is 0 Å². The van der Waals surface area contributed by atoms with E-state index < -0.39 is 0 Å². The van der Waals surface area contributed by atoms with Crippen LogP contribution in [-0.2, 0) is 0 Å². The molecule has 1 nitrogen and oxygen atoms in total. The summed E-state index contributed by atoms with van der Waals surface area (Å²) in [4.78, 5) is 0. The van der Waals surface area contributed by atoms with Gasteiger partial charge in [0.1, 0.15) is 0 Å². The van der Waals surface area contributed by atoms with Gasteiger partial charge < -0.3 is 5.32 Å². The van der Waals surface area contributed by atoms with Crippen molar-refractivity contribution >= 4 is 0 Å². The number of hydrogen-bond donors (Lipinski definition) is 1. The average molecular weight is 207 g/mol. The molecule has 3 rings (SSSR count). The third-order valence-corrected chi connectivity index (χ3v) is 5.20. The summed E-state index contributed by atoms with van der Waals surface area (Å²) in [5.74, 6) is 2.15. The molecule has 1 heteroatoms. The maximum Gasteiger partial charge on any atom is 0.00700 e. The molecule has 0 spiro atoms. The van der Waals surface area contributed by atoms with Crippen molar-refractivity contribution in [3.63, 3.8) is 0 Å². The molecule has 0 aliphatic heterocycles. The Morgan fingerprint density at radius 2 is 1.93 bits per heavy atom. The van der Waals surface area contributed by atoms with Crippen molar-refractivity contribution < 1.29 is 0 Å². The van der Waals surface area contributed by atoms with E-state index in [0.717, 1.165) is 23.3 Å². The Bertz CT molecular complexity index is 227. The zero-order valence-corrected chi connectivity index (χ0v) is 10.1. The van der Waals surface area contributed by atoms with E-state index in [1.807, 2.05) is 0 Å². The van der Waals surface area contributed by atoms with Gasteiger partial charge in [-0.15, -0.1) is 0 Å². The molecular formula is C14H25N. The Kier molecular flexibility index (Phi) is 2.54. The van der Waals surface area contributed by atoms with E-state index >= 15 is 0 Å². The van der Waals surface area contributed by atoms with Crippen molar-refractivity contribution in [2.45, 2.75) is 64.3 Å². The summed E-state index contributed by atoms with van der Waals surface area (Å²) in [5, 5.41) is 3.87. The monoisotopic (exact) mass is 207 g/mol. The van der Waals surface area contributed by atoms with Crippen molar-refractivity contribution in [3.05, 3.63) is 0 Å². The summed E-state index contributed by atoms with van der Waals surface area (Å²) in [7, 11) is 0. The van der Waals surface area contributed by atoms with Crippen LogP contribution in [0.25, 0.3) is 0 Å². The first kappa shape index (κ1) is 10.1. The Morgan fingerprint density at radius 3 is 2.47 bits per heavy atom. The van der Waals surface area contributed by atoms with Crippen molar-refractivity contribution in [1.29, 1.82) is 0 Å². The van der Waals surface area contributed by atoms with Gasteiger partial charge in [-0.05, 0) is 62.2 Å². The molecule has 0 bridgehead atoms. The van der Waals surface area contributed by atoms with Crippen LogP contribution in [0.15, 0.2) is 0 Å². The Hall–Kier alpha value is -0.0400. The van der Waals surface area contributed by atoms with Gasteiger partial charge in [-0.3, -0.25) is 0 Å². The molecule has 0 saturated heterocycles. The van der Waals surface area contributed by atoms with Gasteiger partial charge in [0, 0.05) is 12.6 Å². The molecule has 86 valence electrons. The minimum absolute atomic E-state index is 0.796. The van der Waals surface area contributed by atoms with Crippen LogP contribution in [0, 0.1) is 17.3 Å². The highest BCUT2D eigenvalue weighted by Crippen LogP contribution is 2.60. The second kappa shape index (κ2) is 3.76. The van der Waals surface area contributed by atoms with Gasteiger partial charge in [0.2, 0.25) is 0 Å². The van der Waals surface area contributed by atoms with Crippen molar-refractivity contribution in [2.24, 2.45) is 17.3 Å². The molecule has 3 fully saturated rings. The van der Waals surface area contributed by atoms with E-state index in [9.17, 15) is 0 Å². The molecule has 0 heterocycles. The fraction of sp³-hybridized carbons (Fsp3) is 1.00. The van der Waals surface area contributed by atoms with Gasteiger partial charge in [0.25, 0.3) is 0 Å². The average Bonchev–Trinajstić information content (AvgIpc) is 3.13. The first-order valence-electron chi connectivity index (χ1n) is 7.06. The summed E-state index contributed by atoms with van der Waals surface area (Å²) in [5.41, 5.74) is 0.796. The molecule has 0 radical (unpaired) electrons. The minimum Gasteiger partial charge on any atom is -0.313 e. The van der Waals surface area contributed by atoms with Crippen LogP contribution in [-0.4, -0.2) is 12.6 Å². The maximum absolute atomic E-state index is 3.87. The molecule has 2 atom stereocenters. The summed E-state index contributed by atoms with van der Waals surface area (Å²) < 4.78 is 0. The zero-order chi connectivity index (χ0) is 10.3. The normalized spacial score (nSPS) is 38.2. The van der Waals surface area contributed by atoms with Crippen LogP contribution in [0.3, 0.4) is 0 Å². The molecule has 0 aromatic heterocycles. The van der Waals surface area contributed by atoms with Gasteiger partial charge in [-0.2, -0.15) is 0 Å². The molecule has 3 saturated carbocycles. The highest BCUT2D eigenvalue weighted by Gasteiger charge is 2.53. The molecule has 0 aromatic rings. The van der Waals surface area contributed by atoms with Crippen LogP contribution < -0.4 is 5.32 Å². The smallest absolute Gasteiger partial charge is 0.00700 e. The predicted molar refractivity (Wildman–Crippen MR) is 63.8 cm³/mol. The second-order valence-corrected chi connectivity index (χ2v) is 6.30. The molecule has 3 aliphatic carbocycles. The number of nitrogens with one attached hydrogen (secondary N) is 1. The second-order valence-electron chi connectivity index (χ2n) is 6.30. The summed E-state index contributed by atoms with van der Waals surface area (Å²) >= 11 is 0. The van der Waals surface area contributed by atoms with E-state index in [0.29, 0.717) is 0 Å². The highest BCUT2D eigenvalue weighted by molar-refractivity contribution is 5.05. The lowest BCUT2D eigenvalue weighted by molar-refractivity contribution is 0.367. The summed E-state index contributed by atoms with van der Waals surface area (Å²) in [6, 6.07) is 0.867. The van der Waals surface area contributed by atoms with Crippen LogP contribution in [0.1, 0.15) is 58.3 Å².